The van der Waals surface area contributed by atoms with Crippen LogP contribution in [0.3, 0.4) is 0 Å². The number of benzene rings is 2. The standard InChI is InChI=1S/C19H16N4O3/c1-13(12-20)16(24)22-23-17(25)19(21-18(23)26,14-8-4-2-5-9-14)15-10-6-3-7-11-15/h2-11,13H,1H3,(H,21,26)(H,22,24). The number of hydrogen-bond donors (Lipinski definition) is 2. The number of amides is 4. The topological polar surface area (TPSA) is 102 Å². The van der Waals surface area contributed by atoms with Gasteiger partial charge in [0.2, 0.25) is 0 Å². The van der Waals surface area contributed by atoms with Crippen LogP contribution in [0.2, 0.25) is 0 Å². The second kappa shape index (κ2) is 6.69. The van der Waals surface area contributed by atoms with Gasteiger partial charge < -0.3 is 5.32 Å². The van der Waals surface area contributed by atoms with E-state index in [1.807, 2.05) is 0 Å². The van der Waals surface area contributed by atoms with Crippen molar-refractivity contribution in [3.05, 3.63) is 71.8 Å². The van der Waals surface area contributed by atoms with Crippen LogP contribution in [-0.4, -0.2) is 22.9 Å². The normalized spacial score (nSPS) is 16.5. The Morgan fingerprint density at radius 1 is 1.08 bits per heavy atom. The maximum Gasteiger partial charge on any atom is 0.344 e. The largest absolute Gasteiger partial charge is 0.344 e. The van der Waals surface area contributed by atoms with Crippen molar-refractivity contribution in [1.82, 2.24) is 15.8 Å². The molecule has 1 aliphatic rings. The van der Waals surface area contributed by atoms with Gasteiger partial charge in [0.25, 0.3) is 11.8 Å². The number of rotatable bonds is 4. The first-order valence-corrected chi connectivity index (χ1v) is 7.98. The summed E-state index contributed by atoms with van der Waals surface area (Å²) in [6, 6.07) is 18.6. The summed E-state index contributed by atoms with van der Waals surface area (Å²) in [4.78, 5) is 37.7. The zero-order valence-corrected chi connectivity index (χ0v) is 14.0. The van der Waals surface area contributed by atoms with E-state index in [0.717, 1.165) is 0 Å². The monoisotopic (exact) mass is 348 g/mol. The zero-order chi connectivity index (χ0) is 18.7. The van der Waals surface area contributed by atoms with E-state index >= 15 is 0 Å². The summed E-state index contributed by atoms with van der Waals surface area (Å²) < 4.78 is 0. The van der Waals surface area contributed by atoms with E-state index in [1.54, 1.807) is 66.7 Å². The molecule has 1 fully saturated rings. The number of carbonyl (C=O) groups is 3. The molecule has 7 nitrogen and oxygen atoms in total. The van der Waals surface area contributed by atoms with E-state index in [2.05, 4.69) is 10.7 Å². The highest BCUT2D eigenvalue weighted by Crippen LogP contribution is 2.35. The summed E-state index contributed by atoms with van der Waals surface area (Å²) in [5.74, 6) is -2.37. The Morgan fingerprint density at radius 3 is 2.04 bits per heavy atom. The van der Waals surface area contributed by atoms with Crippen molar-refractivity contribution < 1.29 is 14.4 Å². The first kappa shape index (κ1) is 17.2. The van der Waals surface area contributed by atoms with Crippen molar-refractivity contribution in [2.24, 2.45) is 5.92 Å². The van der Waals surface area contributed by atoms with Crippen LogP contribution in [0, 0.1) is 17.2 Å². The maximum atomic E-state index is 13.2. The number of hydrazine groups is 1. The van der Waals surface area contributed by atoms with Gasteiger partial charge in [-0.15, -0.1) is 0 Å². The van der Waals surface area contributed by atoms with Gasteiger partial charge in [-0.3, -0.25) is 15.0 Å². The van der Waals surface area contributed by atoms with Crippen molar-refractivity contribution in [2.45, 2.75) is 12.5 Å². The highest BCUT2D eigenvalue weighted by atomic mass is 16.2. The molecule has 0 saturated carbocycles. The van der Waals surface area contributed by atoms with Crippen LogP contribution in [0.25, 0.3) is 0 Å². The first-order chi connectivity index (χ1) is 12.5. The lowest BCUT2D eigenvalue weighted by Gasteiger charge is -2.27. The minimum Gasteiger partial charge on any atom is -0.314 e. The molecule has 1 unspecified atom stereocenters. The fourth-order valence-electron chi connectivity index (χ4n) is 2.83. The molecule has 0 radical (unpaired) electrons. The molecule has 0 spiro atoms. The number of nitrogens with one attached hydrogen (secondary N) is 2. The maximum absolute atomic E-state index is 13.2. The Bertz CT molecular complexity index is 851. The van der Waals surface area contributed by atoms with Gasteiger partial charge in [-0.2, -0.15) is 10.3 Å². The lowest BCUT2D eigenvalue weighted by atomic mass is 9.83. The number of nitriles is 1. The minimum absolute atomic E-state index is 0.564. The molecular weight excluding hydrogens is 332 g/mol. The Kier molecular flexibility index (Phi) is 4.42. The molecule has 26 heavy (non-hydrogen) atoms. The van der Waals surface area contributed by atoms with Crippen LogP contribution in [0.15, 0.2) is 60.7 Å². The first-order valence-electron chi connectivity index (χ1n) is 7.98. The fraction of sp³-hybridized carbons (Fsp3) is 0.158. The van der Waals surface area contributed by atoms with Gasteiger partial charge in [-0.1, -0.05) is 60.7 Å². The van der Waals surface area contributed by atoms with Crippen LogP contribution in [0.1, 0.15) is 18.1 Å². The second-order valence-electron chi connectivity index (χ2n) is 5.88. The highest BCUT2D eigenvalue weighted by Gasteiger charge is 2.54. The molecular formula is C19H16N4O3. The van der Waals surface area contributed by atoms with Crippen molar-refractivity contribution in [3.63, 3.8) is 0 Å². The van der Waals surface area contributed by atoms with Gasteiger partial charge in [0.15, 0.2) is 5.54 Å². The lowest BCUT2D eigenvalue weighted by molar-refractivity contribution is -0.139. The fourth-order valence-corrected chi connectivity index (χ4v) is 2.83. The molecule has 2 aromatic rings. The Morgan fingerprint density at radius 2 is 1.58 bits per heavy atom. The Labute approximate surface area is 150 Å². The van der Waals surface area contributed by atoms with Gasteiger partial charge in [0.05, 0.1) is 6.07 Å². The Balaban J connectivity index is 2.07. The van der Waals surface area contributed by atoms with Crippen molar-refractivity contribution in [3.8, 4) is 6.07 Å². The van der Waals surface area contributed by atoms with Gasteiger partial charge in [0.1, 0.15) is 5.92 Å². The van der Waals surface area contributed by atoms with Gasteiger partial charge in [-0.05, 0) is 18.1 Å². The van der Waals surface area contributed by atoms with Crippen molar-refractivity contribution >= 4 is 17.8 Å². The van der Waals surface area contributed by atoms with Gasteiger partial charge in [0, 0.05) is 0 Å². The van der Waals surface area contributed by atoms with E-state index in [-0.39, 0.29) is 0 Å². The summed E-state index contributed by atoms with van der Waals surface area (Å²) in [5, 5.41) is 12.2. The summed E-state index contributed by atoms with van der Waals surface area (Å²) in [6.07, 6.45) is 0. The number of urea groups is 1. The SMILES string of the molecule is CC(C#N)C(=O)NN1C(=O)NC(c2ccccc2)(c2ccccc2)C1=O. The molecule has 7 heteroatoms. The second-order valence-corrected chi connectivity index (χ2v) is 5.88. The number of carbonyl (C=O) groups excluding carboxylic acids is 3. The summed E-state index contributed by atoms with van der Waals surface area (Å²) in [7, 11) is 0. The molecule has 0 aromatic heterocycles. The summed E-state index contributed by atoms with van der Waals surface area (Å²) in [6.45, 7) is 1.38. The van der Waals surface area contributed by atoms with E-state index < -0.39 is 29.3 Å². The average Bonchev–Trinajstić information content (AvgIpc) is 2.94. The van der Waals surface area contributed by atoms with Crippen LogP contribution in [0.4, 0.5) is 4.79 Å². The van der Waals surface area contributed by atoms with Crippen LogP contribution in [-0.2, 0) is 15.1 Å². The summed E-state index contributed by atoms with van der Waals surface area (Å²) >= 11 is 0. The highest BCUT2D eigenvalue weighted by molar-refractivity contribution is 6.10. The van der Waals surface area contributed by atoms with Crippen molar-refractivity contribution in [1.29, 1.82) is 5.26 Å². The average molecular weight is 348 g/mol. The van der Waals surface area contributed by atoms with Gasteiger partial charge in [-0.25, -0.2) is 4.79 Å². The third-order valence-electron chi connectivity index (χ3n) is 4.24. The minimum atomic E-state index is -1.46. The third-order valence-corrected chi connectivity index (χ3v) is 4.24. The molecule has 2 aromatic carbocycles. The number of imide groups is 1. The van der Waals surface area contributed by atoms with Crippen molar-refractivity contribution in [2.75, 3.05) is 0 Å². The molecule has 4 amide bonds. The number of nitrogens with zero attached hydrogens (tertiary/aromatic N) is 2. The molecule has 2 N–H and O–H groups in total. The molecule has 130 valence electrons. The predicted molar refractivity (Wildman–Crippen MR) is 92.0 cm³/mol. The van der Waals surface area contributed by atoms with Crippen LogP contribution < -0.4 is 10.7 Å². The van der Waals surface area contributed by atoms with Crippen LogP contribution in [0.5, 0.6) is 0 Å². The number of hydrogen-bond acceptors (Lipinski definition) is 4. The molecule has 0 bridgehead atoms. The van der Waals surface area contributed by atoms with E-state index in [4.69, 9.17) is 5.26 Å². The van der Waals surface area contributed by atoms with E-state index in [9.17, 15) is 14.4 Å². The lowest BCUT2D eigenvalue weighted by Crippen LogP contribution is -2.50. The Hall–Kier alpha value is -3.66. The summed E-state index contributed by atoms with van der Waals surface area (Å²) in [5.41, 5.74) is 1.91. The molecule has 1 aliphatic heterocycles. The molecule has 1 heterocycles. The smallest absolute Gasteiger partial charge is 0.314 e. The predicted octanol–water partition coefficient (Wildman–Crippen LogP) is 1.67. The van der Waals surface area contributed by atoms with E-state index in [1.165, 1.54) is 6.92 Å². The molecule has 1 saturated heterocycles. The molecule has 1 atom stereocenters. The van der Waals surface area contributed by atoms with Crippen LogP contribution >= 0.6 is 0 Å². The molecule has 3 rings (SSSR count). The zero-order valence-electron chi connectivity index (χ0n) is 14.0. The van der Waals surface area contributed by atoms with E-state index in [0.29, 0.717) is 16.1 Å². The quantitative estimate of drug-likeness (QED) is 0.821. The molecule has 0 aliphatic carbocycles. The third kappa shape index (κ3) is 2.67. The van der Waals surface area contributed by atoms with Gasteiger partial charge >= 0.3 is 6.03 Å².